The van der Waals surface area contributed by atoms with Crippen molar-refractivity contribution >= 4 is 62.4 Å². The highest BCUT2D eigenvalue weighted by Gasteiger charge is 2.35. The van der Waals surface area contributed by atoms with Crippen molar-refractivity contribution in [3.63, 3.8) is 0 Å². The molecular weight excluding hydrogens is 313 g/mol. The molecule has 1 atom stereocenters. The van der Waals surface area contributed by atoms with Crippen LogP contribution in [0.4, 0.5) is 0 Å². The lowest BCUT2D eigenvalue weighted by Crippen LogP contribution is -2.28. The quantitative estimate of drug-likeness (QED) is 0.425. The molecule has 0 nitrogen and oxygen atoms in total. The van der Waals surface area contributed by atoms with Gasteiger partial charge in [0.05, 0.1) is 5.00 Å². The third-order valence-corrected chi connectivity index (χ3v) is 7.68. The van der Waals surface area contributed by atoms with Gasteiger partial charge in [0, 0.05) is 5.88 Å². The SMILES string of the molecule is ClCc1ccc(CC(Cl)[Si](Cl)(Cl)Cl)cc1. The smallest absolute Gasteiger partial charge is 0.124 e. The zero-order valence-electron chi connectivity index (χ0n) is 7.69. The Morgan fingerprint density at radius 3 is 1.87 bits per heavy atom. The maximum Gasteiger partial charge on any atom is 0.358 e. The van der Waals surface area contributed by atoms with Gasteiger partial charge >= 0.3 is 6.00 Å². The van der Waals surface area contributed by atoms with E-state index in [1.54, 1.807) is 0 Å². The number of alkyl halides is 2. The Balaban J connectivity index is 2.65. The molecule has 6 heteroatoms. The van der Waals surface area contributed by atoms with Crippen molar-refractivity contribution < 1.29 is 0 Å². The van der Waals surface area contributed by atoms with Crippen LogP contribution in [0.25, 0.3) is 0 Å². The predicted octanol–water partition coefficient (Wildman–Crippen LogP) is 4.77. The summed E-state index contributed by atoms with van der Waals surface area (Å²) < 4.78 is 0. The lowest BCUT2D eigenvalue weighted by molar-refractivity contribution is 1.07. The van der Waals surface area contributed by atoms with Crippen LogP contribution in [0.2, 0.25) is 0 Å². The van der Waals surface area contributed by atoms with Gasteiger partial charge in [-0.25, -0.2) is 0 Å². The predicted molar refractivity (Wildman–Crippen MR) is 72.7 cm³/mol. The van der Waals surface area contributed by atoms with E-state index >= 15 is 0 Å². The molecule has 0 aliphatic heterocycles. The van der Waals surface area contributed by atoms with Gasteiger partial charge in [0.2, 0.25) is 0 Å². The van der Waals surface area contributed by atoms with Crippen LogP contribution in [0, 0.1) is 0 Å². The van der Waals surface area contributed by atoms with Crippen molar-refractivity contribution in [3.8, 4) is 0 Å². The third kappa shape index (κ3) is 4.72. The largest absolute Gasteiger partial charge is 0.358 e. The first-order chi connectivity index (χ1) is 6.93. The molecule has 0 saturated carbocycles. The molecule has 0 heterocycles. The molecular formula is C9H9Cl5Si. The first kappa shape index (κ1) is 13.9. The summed E-state index contributed by atoms with van der Waals surface area (Å²) in [5.74, 6) is 0.504. The average Bonchev–Trinajstić information content (AvgIpc) is 2.17. The summed E-state index contributed by atoms with van der Waals surface area (Å²) in [4.78, 5) is 0. The second-order valence-electron chi connectivity index (χ2n) is 3.16. The average molecular weight is 323 g/mol. The van der Waals surface area contributed by atoms with Gasteiger partial charge in [0.25, 0.3) is 0 Å². The van der Waals surface area contributed by atoms with Crippen molar-refractivity contribution in [1.29, 1.82) is 0 Å². The Kier molecular flexibility index (Phi) is 5.57. The van der Waals surface area contributed by atoms with Crippen molar-refractivity contribution in [2.45, 2.75) is 17.3 Å². The van der Waals surface area contributed by atoms with Gasteiger partial charge < -0.3 is 0 Å². The molecule has 0 aliphatic rings. The van der Waals surface area contributed by atoms with Crippen LogP contribution in [0.1, 0.15) is 11.1 Å². The lowest BCUT2D eigenvalue weighted by atomic mass is 10.1. The monoisotopic (exact) mass is 320 g/mol. The van der Waals surface area contributed by atoms with Crippen molar-refractivity contribution in [1.82, 2.24) is 0 Å². The van der Waals surface area contributed by atoms with Crippen molar-refractivity contribution in [2.24, 2.45) is 0 Å². The lowest BCUT2D eigenvalue weighted by Gasteiger charge is -2.15. The van der Waals surface area contributed by atoms with Crippen LogP contribution in [-0.4, -0.2) is 11.0 Å². The summed E-state index contributed by atoms with van der Waals surface area (Å²) >= 11 is 29.1. The number of hydrogen-bond donors (Lipinski definition) is 0. The standard InChI is InChI=1S/C9H9Cl5Si/c10-6-8-3-1-7(2-4-8)5-9(11)15(12,13)14/h1-4,9H,5-6H2. The van der Waals surface area contributed by atoms with Gasteiger partial charge in [-0.05, 0) is 17.5 Å². The van der Waals surface area contributed by atoms with Crippen LogP contribution in [0.15, 0.2) is 24.3 Å². The first-order valence-electron chi connectivity index (χ1n) is 4.28. The van der Waals surface area contributed by atoms with Gasteiger partial charge in [-0.1, -0.05) is 24.3 Å². The molecule has 1 rings (SSSR count). The molecule has 1 aromatic carbocycles. The van der Waals surface area contributed by atoms with Gasteiger partial charge in [-0.15, -0.1) is 56.4 Å². The fraction of sp³-hybridized carbons (Fsp3) is 0.333. The van der Waals surface area contributed by atoms with Crippen molar-refractivity contribution in [3.05, 3.63) is 35.4 Å². The number of hydrogen-bond acceptors (Lipinski definition) is 0. The summed E-state index contributed by atoms with van der Waals surface area (Å²) in [5, 5.41) is -0.399. The molecule has 0 fully saturated rings. The second-order valence-corrected chi connectivity index (χ2v) is 13.2. The highest BCUT2D eigenvalue weighted by molar-refractivity contribution is 7.66. The van der Waals surface area contributed by atoms with Gasteiger partial charge in [0.1, 0.15) is 0 Å². The minimum Gasteiger partial charge on any atom is -0.124 e. The van der Waals surface area contributed by atoms with E-state index in [-0.39, 0.29) is 0 Å². The highest BCUT2D eigenvalue weighted by atomic mass is 35.8. The molecule has 0 bridgehead atoms. The number of benzene rings is 1. The fourth-order valence-corrected chi connectivity index (χ4v) is 2.60. The van der Waals surface area contributed by atoms with E-state index in [1.165, 1.54) is 0 Å². The Hall–Kier alpha value is 0.887. The van der Waals surface area contributed by atoms with Gasteiger partial charge in [0.15, 0.2) is 0 Å². The summed E-state index contributed by atoms with van der Waals surface area (Å²) in [6, 6.07) is 5.00. The van der Waals surface area contributed by atoms with Crippen molar-refractivity contribution in [2.75, 3.05) is 0 Å². The van der Waals surface area contributed by atoms with Crippen LogP contribution in [0.3, 0.4) is 0 Å². The molecule has 0 radical (unpaired) electrons. The van der Waals surface area contributed by atoms with E-state index in [4.69, 9.17) is 56.4 Å². The van der Waals surface area contributed by atoms with Crippen LogP contribution in [-0.2, 0) is 12.3 Å². The highest BCUT2D eigenvalue weighted by Crippen LogP contribution is 2.30. The Morgan fingerprint density at radius 2 is 1.47 bits per heavy atom. The van der Waals surface area contributed by atoms with E-state index in [9.17, 15) is 0 Å². The van der Waals surface area contributed by atoms with Crippen LogP contribution < -0.4 is 0 Å². The minimum absolute atomic E-state index is 0.399. The number of rotatable bonds is 4. The third-order valence-electron chi connectivity index (χ3n) is 1.95. The van der Waals surface area contributed by atoms with E-state index in [0.29, 0.717) is 12.3 Å². The molecule has 0 amide bonds. The molecule has 15 heavy (non-hydrogen) atoms. The number of halogens is 5. The maximum absolute atomic E-state index is 6.00. The zero-order chi connectivity index (χ0) is 11.5. The Labute approximate surface area is 115 Å². The molecule has 0 aliphatic carbocycles. The molecule has 0 aromatic heterocycles. The molecule has 1 aromatic rings. The molecule has 0 saturated heterocycles. The molecule has 84 valence electrons. The first-order valence-corrected chi connectivity index (χ1v) is 10.4. The van der Waals surface area contributed by atoms with E-state index in [0.717, 1.165) is 11.1 Å². The van der Waals surface area contributed by atoms with Gasteiger partial charge in [-0.3, -0.25) is 0 Å². The van der Waals surface area contributed by atoms with E-state index < -0.39 is 11.0 Å². The Morgan fingerprint density at radius 1 is 1.00 bits per heavy atom. The Bertz CT molecular complexity index is 305. The zero-order valence-corrected chi connectivity index (χ0v) is 12.5. The summed E-state index contributed by atoms with van der Waals surface area (Å²) in [5.41, 5.74) is 2.13. The molecule has 0 N–H and O–H groups in total. The second kappa shape index (κ2) is 5.99. The summed E-state index contributed by atoms with van der Waals surface area (Å²) in [6.45, 7) is 0. The van der Waals surface area contributed by atoms with E-state index in [2.05, 4.69) is 0 Å². The van der Waals surface area contributed by atoms with Crippen LogP contribution in [0.5, 0.6) is 0 Å². The van der Waals surface area contributed by atoms with E-state index in [1.807, 2.05) is 24.3 Å². The van der Waals surface area contributed by atoms with Gasteiger partial charge in [-0.2, -0.15) is 0 Å². The normalized spacial score (nSPS) is 13.9. The molecule has 1 unspecified atom stereocenters. The maximum atomic E-state index is 6.00. The summed E-state index contributed by atoms with van der Waals surface area (Å²) in [7, 11) is 0. The minimum atomic E-state index is -2.81. The topological polar surface area (TPSA) is 0 Å². The summed E-state index contributed by atoms with van der Waals surface area (Å²) in [6.07, 6.45) is 0.576. The molecule has 0 spiro atoms. The van der Waals surface area contributed by atoms with Crippen LogP contribution >= 0.6 is 56.4 Å². The fourth-order valence-electron chi connectivity index (χ4n) is 1.09.